The summed E-state index contributed by atoms with van der Waals surface area (Å²) in [6.45, 7) is 1.49. The number of carbonyl (C=O) groups is 2. The Labute approximate surface area is 197 Å². The number of hydrogen-bond acceptors (Lipinski definition) is 4. The number of nitrogens with one attached hydrogen (secondary N) is 1. The van der Waals surface area contributed by atoms with Gasteiger partial charge < -0.3 is 5.32 Å². The number of benzene rings is 3. The van der Waals surface area contributed by atoms with Crippen LogP contribution in [-0.2, 0) is 9.59 Å². The molecule has 0 radical (unpaired) electrons. The summed E-state index contributed by atoms with van der Waals surface area (Å²) in [6.07, 6.45) is 0.820. The van der Waals surface area contributed by atoms with Crippen molar-refractivity contribution in [3.63, 3.8) is 0 Å². The van der Waals surface area contributed by atoms with Gasteiger partial charge in [-0.05, 0) is 59.9 Å². The number of nitrogens with zero attached hydrogens (tertiary/aromatic N) is 2. The van der Waals surface area contributed by atoms with Crippen LogP contribution in [-0.4, -0.2) is 11.7 Å². The summed E-state index contributed by atoms with van der Waals surface area (Å²) in [7, 11) is 0. The number of para-hydroxylation sites is 2. The van der Waals surface area contributed by atoms with E-state index >= 15 is 0 Å². The molecule has 0 unspecified atom stereocenters. The monoisotopic (exact) mass is 451 g/mol. The van der Waals surface area contributed by atoms with Crippen LogP contribution in [0, 0.1) is 17.1 Å². The SMILES string of the molecule is CC(=O)N1c2ccccc2NC2=C(C(=O)C[C@@H](c3ccc(F)cc3)C2)[C@H]1c1ccc(C#N)cc1. The predicted molar refractivity (Wildman–Crippen MR) is 128 cm³/mol. The summed E-state index contributed by atoms with van der Waals surface area (Å²) in [4.78, 5) is 28.3. The van der Waals surface area contributed by atoms with Gasteiger partial charge in [-0.25, -0.2) is 4.39 Å². The van der Waals surface area contributed by atoms with Crippen molar-refractivity contribution in [2.45, 2.75) is 31.7 Å². The van der Waals surface area contributed by atoms with Gasteiger partial charge in [-0.15, -0.1) is 0 Å². The molecule has 1 aliphatic heterocycles. The number of ketones is 1. The summed E-state index contributed by atoms with van der Waals surface area (Å²) in [5.74, 6) is -0.662. The first-order valence-corrected chi connectivity index (χ1v) is 11.1. The van der Waals surface area contributed by atoms with E-state index in [0.29, 0.717) is 23.2 Å². The molecule has 0 spiro atoms. The number of anilines is 2. The summed E-state index contributed by atoms with van der Waals surface area (Å²) in [5.41, 5.74) is 4.91. The summed E-state index contributed by atoms with van der Waals surface area (Å²) in [6, 6.07) is 22.3. The van der Waals surface area contributed by atoms with Crippen LogP contribution in [0.1, 0.15) is 48.4 Å². The van der Waals surface area contributed by atoms with Crippen molar-refractivity contribution < 1.29 is 14.0 Å². The normalized spacial score (nSPS) is 19.4. The molecule has 0 fully saturated rings. The van der Waals surface area contributed by atoms with Crippen LogP contribution >= 0.6 is 0 Å². The fraction of sp³-hybridized carbons (Fsp3) is 0.179. The van der Waals surface area contributed by atoms with Crippen molar-refractivity contribution in [2.75, 3.05) is 10.2 Å². The van der Waals surface area contributed by atoms with Crippen LogP contribution in [0.15, 0.2) is 84.1 Å². The molecule has 2 aliphatic rings. The van der Waals surface area contributed by atoms with E-state index in [-0.39, 0.29) is 29.8 Å². The molecule has 6 heteroatoms. The van der Waals surface area contributed by atoms with Gasteiger partial charge in [0, 0.05) is 24.6 Å². The first-order valence-electron chi connectivity index (χ1n) is 11.1. The Bertz CT molecular complexity index is 1350. The average molecular weight is 452 g/mol. The molecule has 0 saturated heterocycles. The molecule has 0 bridgehead atoms. The molecular weight excluding hydrogens is 429 g/mol. The molecule has 3 aromatic carbocycles. The molecule has 168 valence electrons. The number of hydrogen-bond donors (Lipinski definition) is 1. The molecule has 34 heavy (non-hydrogen) atoms. The number of carbonyl (C=O) groups excluding carboxylic acids is 2. The molecule has 1 heterocycles. The maximum absolute atomic E-state index is 13.7. The van der Waals surface area contributed by atoms with Crippen LogP contribution in [0.4, 0.5) is 15.8 Å². The van der Waals surface area contributed by atoms with E-state index < -0.39 is 6.04 Å². The largest absolute Gasteiger partial charge is 0.357 e. The lowest BCUT2D eigenvalue weighted by atomic mass is 9.78. The van der Waals surface area contributed by atoms with E-state index in [1.807, 2.05) is 24.3 Å². The zero-order chi connectivity index (χ0) is 23.8. The Kier molecular flexibility index (Phi) is 5.46. The van der Waals surface area contributed by atoms with Gasteiger partial charge in [0.15, 0.2) is 5.78 Å². The minimum atomic E-state index is -0.627. The smallest absolute Gasteiger partial charge is 0.224 e. The molecular formula is C28H22FN3O2. The van der Waals surface area contributed by atoms with Gasteiger partial charge in [-0.2, -0.15) is 5.26 Å². The highest BCUT2D eigenvalue weighted by Crippen LogP contribution is 2.47. The van der Waals surface area contributed by atoms with Crippen molar-refractivity contribution in [1.82, 2.24) is 0 Å². The Morgan fingerprint density at radius 1 is 1.00 bits per heavy atom. The second-order valence-electron chi connectivity index (χ2n) is 8.64. The van der Waals surface area contributed by atoms with E-state index in [9.17, 15) is 19.2 Å². The molecule has 5 rings (SSSR count). The minimum Gasteiger partial charge on any atom is -0.357 e. The number of nitriles is 1. The highest BCUT2D eigenvalue weighted by atomic mass is 19.1. The number of halogens is 1. The fourth-order valence-corrected chi connectivity index (χ4v) is 4.96. The van der Waals surface area contributed by atoms with Crippen molar-refractivity contribution in [3.8, 4) is 6.07 Å². The lowest BCUT2D eigenvalue weighted by molar-refractivity contribution is -0.117. The number of allylic oxidation sites excluding steroid dienone is 1. The molecule has 1 amide bonds. The van der Waals surface area contributed by atoms with E-state index in [1.165, 1.54) is 19.1 Å². The van der Waals surface area contributed by atoms with Crippen molar-refractivity contribution in [2.24, 2.45) is 0 Å². The van der Waals surface area contributed by atoms with Gasteiger partial charge in [0.2, 0.25) is 5.91 Å². The second kappa shape index (κ2) is 8.60. The summed E-state index contributed by atoms with van der Waals surface area (Å²) < 4.78 is 13.5. The lowest BCUT2D eigenvalue weighted by Crippen LogP contribution is -2.37. The summed E-state index contributed by atoms with van der Waals surface area (Å²) in [5, 5.41) is 12.7. The number of rotatable bonds is 2. The van der Waals surface area contributed by atoms with Crippen LogP contribution < -0.4 is 10.2 Å². The standard InChI is InChI=1S/C28H22FN3O2/c1-17(33)32-25-5-3-2-4-23(25)31-24-14-21(19-10-12-22(29)13-11-19)15-26(34)27(24)28(32)20-8-6-18(16-30)7-9-20/h2-13,21,28,31H,14-15H2,1H3/t21-,28+/m0/s1. The zero-order valence-corrected chi connectivity index (χ0v) is 18.6. The van der Waals surface area contributed by atoms with Crippen molar-refractivity contribution >= 4 is 23.1 Å². The Morgan fingerprint density at radius 3 is 2.35 bits per heavy atom. The minimum absolute atomic E-state index is 0.0588. The van der Waals surface area contributed by atoms with E-state index in [2.05, 4.69) is 11.4 Å². The topological polar surface area (TPSA) is 73.2 Å². The molecule has 3 aromatic rings. The highest BCUT2D eigenvalue weighted by Gasteiger charge is 2.40. The van der Waals surface area contributed by atoms with E-state index in [4.69, 9.17) is 0 Å². The molecule has 2 atom stereocenters. The number of amides is 1. The Hall–Kier alpha value is -4.24. The zero-order valence-electron chi connectivity index (χ0n) is 18.6. The molecule has 5 nitrogen and oxygen atoms in total. The molecule has 1 N–H and O–H groups in total. The Balaban J connectivity index is 1.69. The van der Waals surface area contributed by atoms with Crippen LogP contribution in [0.2, 0.25) is 0 Å². The number of fused-ring (bicyclic) bond motifs is 1. The number of Topliss-reactive ketones (excluding diaryl/α,β-unsaturated/α-hetero) is 1. The van der Waals surface area contributed by atoms with Crippen molar-refractivity contribution in [3.05, 3.63) is 107 Å². The fourth-order valence-electron chi connectivity index (χ4n) is 4.96. The van der Waals surface area contributed by atoms with Gasteiger partial charge in [0.25, 0.3) is 0 Å². The third-order valence-electron chi connectivity index (χ3n) is 6.52. The maximum atomic E-state index is 13.7. The van der Waals surface area contributed by atoms with Gasteiger partial charge in [-0.1, -0.05) is 36.4 Å². The lowest BCUT2D eigenvalue weighted by Gasteiger charge is -2.34. The first kappa shape index (κ1) is 21.6. The molecule has 0 saturated carbocycles. The third-order valence-corrected chi connectivity index (χ3v) is 6.52. The third kappa shape index (κ3) is 3.75. The van der Waals surface area contributed by atoms with Crippen LogP contribution in [0.25, 0.3) is 0 Å². The molecule has 1 aliphatic carbocycles. The van der Waals surface area contributed by atoms with Gasteiger partial charge in [0.1, 0.15) is 5.82 Å². The van der Waals surface area contributed by atoms with Crippen LogP contribution in [0.3, 0.4) is 0 Å². The Morgan fingerprint density at radius 2 is 1.68 bits per heavy atom. The van der Waals surface area contributed by atoms with Gasteiger partial charge in [0.05, 0.1) is 29.0 Å². The quantitative estimate of drug-likeness (QED) is 0.549. The van der Waals surface area contributed by atoms with E-state index in [0.717, 1.165) is 22.5 Å². The van der Waals surface area contributed by atoms with Crippen LogP contribution in [0.5, 0.6) is 0 Å². The predicted octanol–water partition coefficient (Wildman–Crippen LogP) is 5.62. The van der Waals surface area contributed by atoms with E-state index in [1.54, 1.807) is 41.3 Å². The maximum Gasteiger partial charge on any atom is 0.224 e. The molecule has 0 aromatic heterocycles. The first-order chi connectivity index (χ1) is 16.5. The van der Waals surface area contributed by atoms with Gasteiger partial charge in [-0.3, -0.25) is 14.5 Å². The highest BCUT2D eigenvalue weighted by molar-refractivity contribution is 6.06. The second-order valence-corrected chi connectivity index (χ2v) is 8.64. The summed E-state index contributed by atoms with van der Waals surface area (Å²) >= 11 is 0. The van der Waals surface area contributed by atoms with Crippen molar-refractivity contribution in [1.29, 1.82) is 5.26 Å². The van der Waals surface area contributed by atoms with Gasteiger partial charge >= 0.3 is 0 Å². The average Bonchev–Trinajstić information content (AvgIpc) is 2.99.